The minimum Gasteiger partial charge on any atom is -0.497 e. The molecule has 0 spiro atoms. The molecule has 0 fully saturated rings. The van der Waals surface area contributed by atoms with E-state index in [0.717, 1.165) is 45.4 Å². The highest BCUT2D eigenvalue weighted by molar-refractivity contribution is 6.07. The van der Waals surface area contributed by atoms with E-state index in [1.165, 1.54) is 10.9 Å². The number of H-pyrrole nitrogens is 1. The molecule has 176 valence electrons. The lowest BCUT2D eigenvalue weighted by molar-refractivity contribution is 0.0956. The summed E-state index contributed by atoms with van der Waals surface area (Å²) < 4.78 is 10.8. The summed E-state index contributed by atoms with van der Waals surface area (Å²) in [5.41, 5.74) is 6.24. The fourth-order valence-corrected chi connectivity index (χ4v) is 4.45. The summed E-state index contributed by atoms with van der Waals surface area (Å²) in [5.74, 6) is 1.35. The van der Waals surface area contributed by atoms with Gasteiger partial charge in [-0.15, -0.1) is 0 Å². The van der Waals surface area contributed by atoms with Gasteiger partial charge in [0, 0.05) is 34.6 Å². The number of aryl methyl sites for hydroxylation is 1. The summed E-state index contributed by atoms with van der Waals surface area (Å²) >= 11 is 0. The Labute approximate surface area is 203 Å². The topological polar surface area (TPSA) is 76.2 Å². The Morgan fingerprint density at radius 1 is 0.971 bits per heavy atom. The van der Waals surface area contributed by atoms with E-state index in [1.54, 1.807) is 14.2 Å². The maximum absolute atomic E-state index is 13.4. The third-order valence-electron chi connectivity index (χ3n) is 6.31. The summed E-state index contributed by atoms with van der Waals surface area (Å²) in [6, 6.07) is 21.5. The molecule has 3 aromatic carbocycles. The maximum Gasteiger partial charge on any atom is 0.252 e. The van der Waals surface area contributed by atoms with Gasteiger partial charge in [-0.3, -0.25) is 4.79 Å². The van der Waals surface area contributed by atoms with Gasteiger partial charge < -0.3 is 19.8 Å². The normalized spacial score (nSPS) is 11.1. The SMILES string of the molecule is COc1ccc2nc(-c3ccc(OC)c(C)c3)cc(C(=O)NCCc3c[nH]c4ccccc34)c2c1. The average molecular weight is 466 g/mol. The Balaban J connectivity index is 1.46. The van der Waals surface area contributed by atoms with Crippen LogP contribution in [0.25, 0.3) is 33.1 Å². The second-order valence-corrected chi connectivity index (χ2v) is 8.49. The van der Waals surface area contributed by atoms with Crippen molar-refractivity contribution < 1.29 is 14.3 Å². The fourth-order valence-electron chi connectivity index (χ4n) is 4.45. The summed E-state index contributed by atoms with van der Waals surface area (Å²) in [6.45, 7) is 2.51. The molecule has 2 heterocycles. The lowest BCUT2D eigenvalue weighted by Gasteiger charge is -2.13. The van der Waals surface area contributed by atoms with Gasteiger partial charge in [0.05, 0.1) is 31.0 Å². The quantitative estimate of drug-likeness (QED) is 0.324. The number of pyridine rings is 1. The lowest BCUT2D eigenvalue weighted by atomic mass is 10.0. The van der Waals surface area contributed by atoms with Gasteiger partial charge in [0.2, 0.25) is 0 Å². The van der Waals surface area contributed by atoms with E-state index in [1.807, 2.05) is 67.7 Å². The Morgan fingerprint density at radius 2 is 1.83 bits per heavy atom. The second-order valence-electron chi connectivity index (χ2n) is 8.49. The molecule has 0 bridgehead atoms. The van der Waals surface area contributed by atoms with Crippen molar-refractivity contribution in [2.45, 2.75) is 13.3 Å². The van der Waals surface area contributed by atoms with E-state index in [4.69, 9.17) is 14.5 Å². The Bertz CT molecular complexity index is 1540. The molecular formula is C29H27N3O3. The van der Waals surface area contributed by atoms with Crippen LogP contribution in [0.15, 0.2) is 72.9 Å². The van der Waals surface area contributed by atoms with Crippen LogP contribution in [0.1, 0.15) is 21.5 Å². The molecule has 6 heteroatoms. The number of aromatic nitrogens is 2. The van der Waals surface area contributed by atoms with Gasteiger partial charge in [-0.25, -0.2) is 4.98 Å². The monoisotopic (exact) mass is 465 g/mol. The highest BCUT2D eigenvalue weighted by Crippen LogP contribution is 2.30. The second kappa shape index (κ2) is 9.50. The van der Waals surface area contributed by atoms with Gasteiger partial charge in [0.15, 0.2) is 0 Å². The van der Waals surface area contributed by atoms with Gasteiger partial charge >= 0.3 is 0 Å². The van der Waals surface area contributed by atoms with E-state index in [-0.39, 0.29) is 5.91 Å². The van der Waals surface area contributed by atoms with Gasteiger partial charge in [0.25, 0.3) is 5.91 Å². The molecule has 0 unspecified atom stereocenters. The molecule has 0 saturated heterocycles. The van der Waals surface area contributed by atoms with Gasteiger partial charge in [-0.05, 0) is 73.0 Å². The number of hydrogen-bond donors (Lipinski definition) is 2. The Kier molecular flexibility index (Phi) is 6.10. The number of amides is 1. The van der Waals surface area contributed by atoms with Crippen LogP contribution in [-0.2, 0) is 6.42 Å². The van der Waals surface area contributed by atoms with Crippen molar-refractivity contribution in [3.8, 4) is 22.8 Å². The van der Waals surface area contributed by atoms with Crippen molar-refractivity contribution in [2.24, 2.45) is 0 Å². The molecule has 0 aliphatic rings. The minimum atomic E-state index is -0.142. The predicted octanol–water partition coefficient (Wildman–Crippen LogP) is 5.68. The van der Waals surface area contributed by atoms with Crippen LogP contribution in [0.2, 0.25) is 0 Å². The van der Waals surface area contributed by atoms with Crippen LogP contribution >= 0.6 is 0 Å². The first-order chi connectivity index (χ1) is 17.1. The van der Waals surface area contributed by atoms with Crippen molar-refractivity contribution in [1.29, 1.82) is 0 Å². The number of methoxy groups -OCH3 is 2. The summed E-state index contributed by atoms with van der Waals surface area (Å²) in [6.07, 6.45) is 2.74. The molecule has 1 amide bonds. The lowest BCUT2D eigenvalue weighted by Crippen LogP contribution is -2.26. The largest absolute Gasteiger partial charge is 0.497 e. The summed E-state index contributed by atoms with van der Waals surface area (Å²) in [5, 5.41) is 5.03. The molecule has 0 radical (unpaired) electrons. The number of ether oxygens (including phenoxy) is 2. The maximum atomic E-state index is 13.4. The van der Waals surface area contributed by atoms with Crippen molar-refractivity contribution >= 4 is 27.7 Å². The predicted molar refractivity (Wildman–Crippen MR) is 139 cm³/mol. The third kappa shape index (κ3) is 4.43. The molecule has 5 rings (SSSR count). The zero-order valence-corrected chi connectivity index (χ0v) is 20.0. The number of carbonyl (C=O) groups excluding carboxylic acids is 1. The van der Waals surface area contributed by atoms with Crippen LogP contribution < -0.4 is 14.8 Å². The number of nitrogens with zero attached hydrogens (tertiary/aromatic N) is 1. The van der Waals surface area contributed by atoms with E-state index in [0.29, 0.717) is 17.9 Å². The van der Waals surface area contributed by atoms with Crippen molar-refractivity contribution in [3.05, 3.63) is 89.6 Å². The van der Waals surface area contributed by atoms with Crippen LogP contribution in [-0.4, -0.2) is 36.6 Å². The molecule has 6 nitrogen and oxygen atoms in total. The average Bonchev–Trinajstić information content (AvgIpc) is 3.30. The first kappa shape index (κ1) is 22.5. The molecule has 2 N–H and O–H groups in total. The van der Waals surface area contributed by atoms with Crippen molar-refractivity contribution in [1.82, 2.24) is 15.3 Å². The molecular weight excluding hydrogens is 438 g/mol. The molecule has 0 saturated carbocycles. The van der Waals surface area contributed by atoms with Gasteiger partial charge in [-0.1, -0.05) is 18.2 Å². The van der Waals surface area contributed by atoms with Gasteiger partial charge in [0.1, 0.15) is 11.5 Å². The van der Waals surface area contributed by atoms with Crippen LogP contribution in [0, 0.1) is 6.92 Å². The van der Waals surface area contributed by atoms with Crippen molar-refractivity contribution in [2.75, 3.05) is 20.8 Å². The number of benzene rings is 3. The molecule has 0 aliphatic heterocycles. The number of carbonyl (C=O) groups is 1. The van der Waals surface area contributed by atoms with Crippen LogP contribution in [0.3, 0.4) is 0 Å². The number of fused-ring (bicyclic) bond motifs is 2. The number of para-hydroxylation sites is 1. The van der Waals surface area contributed by atoms with Crippen LogP contribution in [0.5, 0.6) is 11.5 Å². The minimum absolute atomic E-state index is 0.142. The number of aromatic amines is 1. The van der Waals surface area contributed by atoms with Crippen molar-refractivity contribution in [3.63, 3.8) is 0 Å². The smallest absolute Gasteiger partial charge is 0.252 e. The number of nitrogens with one attached hydrogen (secondary N) is 2. The molecule has 35 heavy (non-hydrogen) atoms. The summed E-state index contributed by atoms with van der Waals surface area (Å²) in [4.78, 5) is 21.5. The highest BCUT2D eigenvalue weighted by atomic mass is 16.5. The Morgan fingerprint density at radius 3 is 2.63 bits per heavy atom. The Hall–Kier alpha value is -4.32. The standard InChI is InChI=1S/C29H27N3O3/c1-18-14-19(8-11-28(18)35-3)27-16-24(23-15-21(34-2)9-10-26(23)32-27)29(33)30-13-12-20-17-31-25-7-5-4-6-22(20)25/h4-11,14-17,31H,12-13H2,1-3H3,(H,30,33). The highest BCUT2D eigenvalue weighted by Gasteiger charge is 2.16. The first-order valence-corrected chi connectivity index (χ1v) is 11.5. The zero-order chi connectivity index (χ0) is 24.4. The van der Waals surface area contributed by atoms with Gasteiger partial charge in [-0.2, -0.15) is 0 Å². The molecule has 0 atom stereocenters. The number of rotatable bonds is 7. The molecule has 5 aromatic rings. The zero-order valence-electron chi connectivity index (χ0n) is 20.0. The van der Waals surface area contributed by atoms with E-state index in [2.05, 4.69) is 22.4 Å². The fraction of sp³-hybridized carbons (Fsp3) is 0.172. The van der Waals surface area contributed by atoms with E-state index < -0.39 is 0 Å². The molecule has 0 aliphatic carbocycles. The van der Waals surface area contributed by atoms with E-state index >= 15 is 0 Å². The number of hydrogen-bond acceptors (Lipinski definition) is 4. The molecule has 2 aromatic heterocycles. The summed E-state index contributed by atoms with van der Waals surface area (Å²) in [7, 11) is 3.27. The van der Waals surface area contributed by atoms with Crippen LogP contribution in [0.4, 0.5) is 0 Å². The third-order valence-corrected chi connectivity index (χ3v) is 6.31. The van der Waals surface area contributed by atoms with E-state index in [9.17, 15) is 4.79 Å². The first-order valence-electron chi connectivity index (χ1n) is 11.5.